The molecule has 31 heavy (non-hydrogen) atoms. The Kier molecular flexibility index (Phi) is 5.73. The van der Waals surface area contributed by atoms with Crippen molar-refractivity contribution < 1.29 is 18.8 Å². The van der Waals surface area contributed by atoms with E-state index in [1.165, 1.54) is 0 Å². The molecule has 1 aromatic carbocycles. The number of rotatable bonds is 6. The van der Waals surface area contributed by atoms with Gasteiger partial charge in [0.15, 0.2) is 5.82 Å². The van der Waals surface area contributed by atoms with Gasteiger partial charge in [-0.3, -0.25) is 9.59 Å². The monoisotopic (exact) mass is 426 g/mol. The molecule has 1 aliphatic carbocycles. The van der Waals surface area contributed by atoms with Crippen molar-refractivity contribution in [2.45, 2.75) is 52.0 Å². The number of nitrogens with zero attached hydrogens (tertiary/aromatic N) is 3. The van der Waals surface area contributed by atoms with Gasteiger partial charge < -0.3 is 19.5 Å². The zero-order valence-electron chi connectivity index (χ0n) is 18.6. The summed E-state index contributed by atoms with van der Waals surface area (Å²) in [6.45, 7) is 9.20. The van der Waals surface area contributed by atoms with Gasteiger partial charge in [0.1, 0.15) is 5.75 Å². The predicted molar refractivity (Wildman–Crippen MR) is 114 cm³/mol. The van der Waals surface area contributed by atoms with Gasteiger partial charge in [0, 0.05) is 25.0 Å². The molecular weight excluding hydrogens is 396 g/mol. The first-order valence-electron chi connectivity index (χ1n) is 11.0. The fourth-order valence-electron chi connectivity index (χ4n) is 5.04. The number of nitrogens with one attached hydrogen (secondary N) is 1. The van der Waals surface area contributed by atoms with Crippen molar-refractivity contribution in [3.63, 3.8) is 0 Å². The van der Waals surface area contributed by atoms with Gasteiger partial charge in [0.05, 0.1) is 17.6 Å². The van der Waals surface area contributed by atoms with Gasteiger partial charge in [-0.1, -0.05) is 31.1 Å². The summed E-state index contributed by atoms with van der Waals surface area (Å²) in [4.78, 5) is 32.1. The fourth-order valence-corrected chi connectivity index (χ4v) is 5.04. The molecule has 1 aromatic heterocycles. The smallest absolute Gasteiger partial charge is 0.255 e. The van der Waals surface area contributed by atoms with Crippen LogP contribution in [0.2, 0.25) is 0 Å². The van der Waals surface area contributed by atoms with Crippen LogP contribution >= 0.6 is 0 Å². The lowest BCUT2D eigenvalue weighted by molar-refractivity contribution is -0.133. The van der Waals surface area contributed by atoms with Crippen molar-refractivity contribution in [1.82, 2.24) is 20.4 Å². The Labute approximate surface area is 182 Å². The number of para-hydroxylation sites is 1. The largest absolute Gasteiger partial charge is 0.493 e. The molecular formula is C23H30N4O4. The van der Waals surface area contributed by atoms with Crippen LogP contribution in [0.4, 0.5) is 0 Å². The van der Waals surface area contributed by atoms with Gasteiger partial charge in [-0.25, -0.2) is 0 Å². The van der Waals surface area contributed by atoms with Crippen LogP contribution < -0.4 is 10.1 Å². The number of ether oxygens (including phenoxy) is 1. The summed E-state index contributed by atoms with van der Waals surface area (Å²) >= 11 is 0. The minimum Gasteiger partial charge on any atom is -0.493 e. The zero-order chi connectivity index (χ0) is 22.2. The molecule has 166 valence electrons. The highest BCUT2D eigenvalue weighted by Crippen LogP contribution is 2.50. The van der Waals surface area contributed by atoms with Crippen molar-refractivity contribution in [1.29, 1.82) is 0 Å². The first kappa shape index (κ1) is 21.3. The lowest BCUT2D eigenvalue weighted by Gasteiger charge is -2.26. The lowest BCUT2D eigenvalue weighted by atomic mass is 9.80. The van der Waals surface area contributed by atoms with Gasteiger partial charge in [-0.15, -0.1) is 0 Å². The second-order valence-corrected chi connectivity index (χ2v) is 8.91. The molecule has 2 aliphatic rings. The van der Waals surface area contributed by atoms with Crippen LogP contribution in [0.3, 0.4) is 0 Å². The molecule has 2 fully saturated rings. The maximum Gasteiger partial charge on any atom is 0.255 e. The third-order valence-electron chi connectivity index (χ3n) is 6.40. The maximum atomic E-state index is 13.0. The lowest BCUT2D eigenvalue weighted by Crippen LogP contribution is -2.40. The number of hydrogen-bond donors (Lipinski definition) is 1. The van der Waals surface area contributed by atoms with E-state index in [4.69, 9.17) is 9.26 Å². The Hall–Kier alpha value is -2.90. The van der Waals surface area contributed by atoms with Gasteiger partial charge in [0.2, 0.25) is 11.8 Å². The van der Waals surface area contributed by atoms with Crippen molar-refractivity contribution in [3.8, 4) is 5.75 Å². The summed E-state index contributed by atoms with van der Waals surface area (Å²) < 4.78 is 11.2. The molecule has 8 nitrogen and oxygen atoms in total. The topological polar surface area (TPSA) is 97.6 Å². The van der Waals surface area contributed by atoms with Gasteiger partial charge >= 0.3 is 0 Å². The molecule has 1 N–H and O–H groups in total. The first-order chi connectivity index (χ1) is 14.8. The van der Waals surface area contributed by atoms with Crippen molar-refractivity contribution in [2.24, 2.45) is 11.8 Å². The fraction of sp³-hybridized carbons (Fsp3) is 0.565. The second kappa shape index (κ2) is 8.32. The Morgan fingerprint density at radius 1 is 1.35 bits per heavy atom. The summed E-state index contributed by atoms with van der Waals surface area (Å²) in [5, 5.41) is 7.17. The number of fused-ring (bicyclic) bond motifs is 1. The first-order valence-corrected chi connectivity index (χ1v) is 11.0. The van der Waals surface area contributed by atoms with E-state index in [9.17, 15) is 9.59 Å². The molecule has 0 unspecified atom stereocenters. The van der Waals surface area contributed by atoms with Crippen molar-refractivity contribution in [3.05, 3.63) is 41.5 Å². The van der Waals surface area contributed by atoms with E-state index < -0.39 is 5.41 Å². The molecule has 2 amide bonds. The highest BCUT2D eigenvalue weighted by Gasteiger charge is 2.58. The molecule has 2 heterocycles. The molecule has 0 spiro atoms. The highest BCUT2D eigenvalue weighted by atomic mass is 16.5. The van der Waals surface area contributed by atoms with E-state index in [0.29, 0.717) is 49.1 Å². The average molecular weight is 427 g/mol. The predicted octanol–water partition coefficient (Wildman–Crippen LogP) is 2.72. The molecule has 1 saturated carbocycles. The van der Waals surface area contributed by atoms with Crippen LogP contribution in [0.1, 0.15) is 55.7 Å². The average Bonchev–Trinajstić information content (AvgIpc) is 3.40. The Morgan fingerprint density at radius 2 is 2.13 bits per heavy atom. The minimum atomic E-state index is -0.427. The third-order valence-corrected chi connectivity index (χ3v) is 6.40. The Morgan fingerprint density at radius 3 is 2.81 bits per heavy atom. The van der Waals surface area contributed by atoms with Crippen molar-refractivity contribution >= 4 is 11.8 Å². The Bertz CT molecular complexity index is 972. The number of aryl methyl sites for hydroxylation is 1. The summed E-state index contributed by atoms with van der Waals surface area (Å²) in [5.41, 5.74) is 0.101. The van der Waals surface area contributed by atoms with Crippen LogP contribution in [-0.2, 0) is 10.2 Å². The summed E-state index contributed by atoms with van der Waals surface area (Å²) in [5.74, 6) is 1.80. The normalized spacial score (nSPS) is 25.0. The number of likely N-dealkylation sites (tertiary alicyclic amines) is 1. The SMILES string of the molecule is CCOc1ccccc1C(=O)N[C@@H]1C[C@H]2CN(C(=O)C(C)C)C[C@@]2(c2nc(C)no2)C1. The van der Waals surface area contributed by atoms with Crippen LogP contribution in [-0.4, -0.2) is 52.6 Å². The second-order valence-electron chi connectivity index (χ2n) is 8.91. The summed E-state index contributed by atoms with van der Waals surface area (Å²) in [7, 11) is 0. The van der Waals surface area contributed by atoms with Crippen LogP contribution in [0.15, 0.2) is 28.8 Å². The Balaban J connectivity index is 1.55. The molecule has 2 aromatic rings. The number of carbonyl (C=O) groups excluding carboxylic acids is 2. The van der Waals surface area contributed by atoms with E-state index in [-0.39, 0.29) is 29.7 Å². The van der Waals surface area contributed by atoms with Gasteiger partial charge in [0.25, 0.3) is 5.91 Å². The molecule has 4 rings (SSSR count). The minimum absolute atomic E-state index is 0.0457. The maximum absolute atomic E-state index is 13.0. The number of aromatic nitrogens is 2. The van der Waals surface area contributed by atoms with Crippen LogP contribution in [0.25, 0.3) is 0 Å². The quantitative estimate of drug-likeness (QED) is 0.763. The van der Waals surface area contributed by atoms with E-state index >= 15 is 0 Å². The van der Waals surface area contributed by atoms with E-state index in [0.717, 1.165) is 6.42 Å². The molecule has 0 radical (unpaired) electrons. The van der Waals surface area contributed by atoms with Gasteiger partial charge in [-0.05, 0) is 44.7 Å². The third kappa shape index (κ3) is 3.91. The van der Waals surface area contributed by atoms with E-state index in [2.05, 4.69) is 15.5 Å². The van der Waals surface area contributed by atoms with E-state index in [1.54, 1.807) is 19.1 Å². The number of amides is 2. The number of hydrogen-bond acceptors (Lipinski definition) is 6. The standard InChI is InChI=1S/C23H30N4O4/c1-5-30-19-9-7-6-8-18(19)20(28)25-17-10-16-12-27(21(29)14(2)3)13-23(16,11-17)22-24-15(4)26-31-22/h6-9,14,16-17H,5,10-13H2,1-4H3,(H,25,28)/t16-,17+,23-/m0/s1. The summed E-state index contributed by atoms with van der Waals surface area (Å²) in [6, 6.07) is 7.22. The van der Waals surface area contributed by atoms with E-state index in [1.807, 2.05) is 37.8 Å². The number of benzene rings is 1. The molecule has 3 atom stereocenters. The molecule has 0 bridgehead atoms. The number of carbonyl (C=O) groups is 2. The molecule has 8 heteroatoms. The zero-order valence-corrected chi connectivity index (χ0v) is 18.6. The van der Waals surface area contributed by atoms with Crippen LogP contribution in [0.5, 0.6) is 5.75 Å². The van der Waals surface area contributed by atoms with Crippen molar-refractivity contribution in [2.75, 3.05) is 19.7 Å². The van der Waals surface area contributed by atoms with Gasteiger partial charge in [-0.2, -0.15) is 4.98 Å². The molecule has 1 saturated heterocycles. The van der Waals surface area contributed by atoms with Crippen LogP contribution in [0, 0.1) is 18.8 Å². The molecule has 1 aliphatic heterocycles. The highest BCUT2D eigenvalue weighted by molar-refractivity contribution is 5.97. The summed E-state index contributed by atoms with van der Waals surface area (Å²) in [6.07, 6.45) is 1.41.